The molecule has 2 rings (SSSR count). The fourth-order valence-corrected chi connectivity index (χ4v) is 2.19. The van der Waals surface area contributed by atoms with Crippen LogP contribution in [0.1, 0.15) is 11.1 Å². The SMILES string of the molecule is O=C(CCl)NCC1Cc2ccccc2C1. The predicted molar refractivity (Wildman–Crippen MR) is 61.1 cm³/mol. The lowest BCUT2D eigenvalue weighted by Gasteiger charge is -2.09. The highest BCUT2D eigenvalue weighted by Gasteiger charge is 2.20. The zero-order chi connectivity index (χ0) is 10.7. The molecule has 0 fully saturated rings. The van der Waals surface area contributed by atoms with E-state index < -0.39 is 0 Å². The van der Waals surface area contributed by atoms with Gasteiger partial charge in [0.05, 0.1) is 0 Å². The highest BCUT2D eigenvalue weighted by atomic mass is 35.5. The number of hydrogen-bond donors (Lipinski definition) is 1. The number of halogens is 1. The summed E-state index contributed by atoms with van der Waals surface area (Å²) in [6.45, 7) is 0.736. The lowest BCUT2D eigenvalue weighted by molar-refractivity contribution is -0.118. The van der Waals surface area contributed by atoms with Gasteiger partial charge >= 0.3 is 0 Å². The van der Waals surface area contributed by atoms with Gasteiger partial charge in [-0.25, -0.2) is 0 Å². The fraction of sp³-hybridized carbons (Fsp3) is 0.417. The first kappa shape index (κ1) is 10.5. The average molecular weight is 224 g/mol. The van der Waals surface area contributed by atoms with E-state index in [9.17, 15) is 4.79 Å². The molecule has 80 valence electrons. The molecule has 0 aromatic heterocycles. The molecule has 0 atom stereocenters. The van der Waals surface area contributed by atoms with Gasteiger partial charge in [-0.1, -0.05) is 24.3 Å². The summed E-state index contributed by atoms with van der Waals surface area (Å²) in [5.41, 5.74) is 2.84. The minimum atomic E-state index is -0.0763. The largest absolute Gasteiger partial charge is 0.355 e. The first-order chi connectivity index (χ1) is 7.29. The van der Waals surface area contributed by atoms with E-state index in [-0.39, 0.29) is 11.8 Å². The molecular formula is C12H14ClNO. The Morgan fingerprint density at radius 1 is 1.33 bits per heavy atom. The van der Waals surface area contributed by atoms with Gasteiger partial charge in [0.1, 0.15) is 5.88 Å². The predicted octanol–water partition coefficient (Wildman–Crippen LogP) is 1.76. The summed E-state index contributed by atoms with van der Waals surface area (Å²) in [5.74, 6) is 0.516. The van der Waals surface area contributed by atoms with Crippen LogP contribution in [-0.4, -0.2) is 18.3 Å². The fourth-order valence-electron chi connectivity index (χ4n) is 2.10. The van der Waals surface area contributed by atoms with Gasteiger partial charge in [0, 0.05) is 6.54 Å². The standard InChI is InChI=1S/C12H14ClNO/c13-7-12(15)14-8-9-5-10-3-1-2-4-11(10)6-9/h1-4,9H,5-8H2,(H,14,15). The number of nitrogens with one attached hydrogen (secondary N) is 1. The van der Waals surface area contributed by atoms with Crippen LogP contribution in [0.2, 0.25) is 0 Å². The van der Waals surface area contributed by atoms with Gasteiger partial charge < -0.3 is 5.32 Å². The molecule has 0 saturated carbocycles. The van der Waals surface area contributed by atoms with Gasteiger partial charge in [-0.05, 0) is 29.9 Å². The van der Waals surface area contributed by atoms with Crippen molar-refractivity contribution in [1.29, 1.82) is 0 Å². The van der Waals surface area contributed by atoms with Crippen molar-refractivity contribution in [1.82, 2.24) is 5.32 Å². The number of rotatable bonds is 3. The molecule has 3 heteroatoms. The van der Waals surface area contributed by atoms with E-state index >= 15 is 0 Å². The summed E-state index contributed by atoms with van der Waals surface area (Å²) in [5, 5.41) is 2.84. The summed E-state index contributed by atoms with van der Waals surface area (Å²) < 4.78 is 0. The number of carbonyl (C=O) groups excluding carboxylic acids is 1. The summed E-state index contributed by atoms with van der Waals surface area (Å²) >= 11 is 5.41. The van der Waals surface area contributed by atoms with Crippen molar-refractivity contribution < 1.29 is 4.79 Å². The number of amides is 1. The number of hydrogen-bond acceptors (Lipinski definition) is 1. The summed E-state index contributed by atoms with van der Waals surface area (Å²) in [6.07, 6.45) is 2.14. The molecule has 1 N–H and O–H groups in total. The first-order valence-corrected chi connectivity index (χ1v) is 5.72. The minimum Gasteiger partial charge on any atom is -0.355 e. The van der Waals surface area contributed by atoms with E-state index in [1.165, 1.54) is 11.1 Å². The maximum absolute atomic E-state index is 11.0. The Balaban J connectivity index is 1.88. The lowest BCUT2D eigenvalue weighted by Crippen LogP contribution is -2.30. The third kappa shape index (κ3) is 2.51. The second-order valence-electron chi connectivity index (χ2n) is 3.98. The van der Waals surface area contributed by atoms with Crippen LogP contribution in [-0.2, 0) is 17.6 Å². The van der Waals surface area contributed by atoms with Crippen LogP contribution >= 0.6 is 11.6 Å². The van der Waals surface area contributed by atoms with E-state index in [1.807, 2.05) is 0 Å². The van der Waals surface area contributed by atoms with E-state index in [0.717, 1.165) is 19.4 Å². The molecule has 0 bridgehead atoms. The van der Waals surface area contributed by atoms with Crippen LogP contribution in [0.25, 0.3) is 0 Å². The maximum Gasteiger partial charge on any atom is 0.234 e. The molecule has 0 aliphatic heterocycles. The molecule has 15 heavy (non-hydrogen) atoms. The highest BCUT2D eigenvalue weighted by Crippen LogP contribution is 2.25. The van der Waals surface area contributed by atoms with Crippen molar-refractivity contribution in [3.05, 3.63) is 35.4 Å². The molecule has 0 heterocycles. The van der Waals surface area contributed by atoms with Crippen LogP contribution in [0, 0.1) is 5.92 Å². The Bertz CT molecular complexity index is 339. The second-order valence-corrected chi connectivity index (χ2v) is 4.25. The smallest absolute Gasteiger partial charge is 0.234 e. The Hall–Kier alpha value is -1.02. The van der Waals surface area contributed by atoms with Gasteiger partial charge in [0.25, 0.3) is 0 Å². The molecule has 1 aromatic rings. The van der Waals surface area contributed by atoms with Crippen molar-refractivity contribution >= 4 is 17.5 Å². The molecule has 0 saturated heterocycles. The summed E-state index contributed by atoms with van der Waals surface area (Å²) in [7, 11) is 0. The molecule has 1 amide bonds. The first-order valence-electron chi connectivity index (χ1n) is 5.19. The quantitative estimate of drug-likeness (QED) is 0.778. The minimum absolute atomic E-state index is 0.0552. The molecule has 2 nitrogen and oxygen atoms in total. The zero-order valence-corrected chi connectivity index (χ0v) is 9.26. The molecule has 0 radical (unpaired) electrons. The van der Waals surface area contributed by atoms with Gasteiger partial charge in [-0.15, -0.1) is 11.6 Å². The van der Waals surface area contributed by atoms with Crippen LogP contribution in [0.3, 0.4) is 0 Å². The third-order valence-corrected chi connectivity index (χ3v) is 3.09. The Kier molecular flexibility index (Phi) is 3.27. The van der Waals surface area contributed by atoms with Crippen LogP contribution in [0.4, 0.5) is 0 Å². The van der Waals surface area contributed by atoms with Crippen LogP contribution in [0.15, 0.2) is 24.3 Å². The van der Waals surface area contributed by atoms with Crippen molar-refractivity contribution in [3.8, 4) is 0 Å². The summed E-state index contributed by atoms with van der Waals surface area (Å²) in [6, 6.07) is 8.47. The van der Waals surface area contributed by atoms with Crippen LogP contribution in [0.5, 0.6) is 0 Å². The number of carbonyl (C=O) groups is 1. The lowest BCUT2D eigenvalue weighted by atomic mass is 10.1. The zero-order valence-electron chi connectivity index (χ0n) is 8.50. The molecule has 1 aromatic carbocycles. The normalized spacial score (nSPS) is 15.0. The van der Waals surface area contributed by atoms with Crippen LogP contribution < -0.4 is 5.32 Å². The average Bonchev–Trinajstić information content (AvgIpc) is 2.68. The van der Waals surface area contributed by atoms with E-state index in [4.69, 9.17) is 11.6 Å². The Morgan fingerprint density at radius 2 is 1.93 bits per heavy atom. The van der Waals surface area contributed by atoms with Gasteiger partial charge in [0.2, 0.25) is 5.91 Å². The maximum atomic E-state index is 11.0. The number of fused-ring (bicyclic) bond motifs is 1. The van der Waals surface area contributed by atoms with Crippen molar-refractivity contribution in [2.75, 3.05) is 12.4 Å². The van der Waals surface area contributed by atoms with Crippen molar-refractivity contribution in [3.63, 3.8) is 0 Å². The Labute approximate surface area is 94.6 Å². The molecule has 0 spiro atoms. The van der Waals surface area contributed by atoms with Gasteiger partial charge in [-0.3, -0.25) is 4.79 Å². The Morgan fingerprint density at radius 3 is 2.47 bits per heavy atom. The van der Waals surface area contributed by atoms with E-state index in [2.05, 4.69) is 29.6 Å². The molecule has 1 aliphatic rings. The second kappa shape index (κ2) is 4.67. The van der Waals surface area contributed by atoms with E-state index in [0.29, 0.717) is 5.92 Å². The number of alkyl halides is 1. The molecule has 0 unspecified atom stereocenters. The highest BCUT2D eigenvalue weighted by molar-refractivity contribution is 6.27. The van der Waals surface area contributed by atoms with E-state index in [1.54, 1.807) is 0 Å². The third-order valence-electron chi connectivity index (χ3n) is 2.84. The van der Waals surface area contributed by atoms with Gasteiger partial charge in [-0.2, -0.15) is 0 Å². The van der Waals surface area contributed by atoms with Crippen molar-refractivity contribution in [2.45, 2.75) is 12.8 Å². The topological polar surface area (TPSA) is 29.1 Å². The molecular weight excluding hydrogens is 210 g/mol. The van der Waals surface area contributed by atoms with Crippen molar-refractivity contribution in [2.24, 2.45) is 5.92 Å². The summed E-state index contributed by atoms with van der Waals surface area (Å²) in [4.78, 5) is 11.0. The monoisotopic (exact) mass is 223 g/mol. The molecule has 1 aliphatic carbocycles. The van der Waals surface area contributed by atoms with Gasteiger partial charge in [0.15, 0.2) is 0 Å². The number of benzene rings is 1.